The lowest BCUT2D eigenvalue weighted by Crippen LogP contribution is -1.98. The second-order valence-corrected chi connectivity index (χ2v) is 5.00. The Morgan fingerprint density at radius 1 is 1.11 bits per heavy atom. The number of hydrogen-bond donors (Lipinski definition) is 0. The molecule has 1 aliphatic heterocycles. The number of fused-ring (bicyclic) bond motifs is 1. The van der Waals surface area contributed by atoms with E-state index in [4.69, 9.17) is 4.74 Å². The summed E-state index contributed by atoms with van der Waals surface area (Å²) in [5.41, 5.74) is 3.35. The van der Waals surface area contributed by atoms with E-state index in [2.05, 4.69) is 28.1 Å². The molecule has 1 unspecified atom stereocenters. The van der Waals surface area contributed by atoms with E-state index in [9.17, 15) is 4.39 Å². The molecule has 1 atom stereocenters. The fourth-order valence-corrected chi connectivity index (χ4v) is 2.54. The summed E-state index contributed by atoms with van der Waals surface area (Å²) in [6.45, 7) is 4.61. The van der Waals surface area contributed by atoms with Crippen LogP contribution in [-0.4, -0.2) is 0 Å². The van der Waals surface area contributed by atoms with Crippen LogP contribution in [0.3, 0.4) is 0 Å². The van der Waals surface area contributed by atoms with Crippen LogP contribution in [0.4, 0.5) is 4.39 Å². The van der Waals surface area contributed by atoms with Gasteiger partial charge >= 0.3 is 0 Å². The van der Waals surface area contributed by atoms with Crippen LogP contribution in [0.5, 0.6) is 0 Å². The Morgan fingerprint density at radius 2 is 1.79 bits per heavy atom. The normalized spacial score (nSPS) is 16.5. The molecule has 3 heteroatoms. The number of halogens is 2. The number of rotatable bonds is 1. The summed E-state index contributed by atoms with van der Waals surface area (Å²) >= 11 is 3.45. The van der Waals surface area contributed by atoms with Crippen molar-refractivity contribution >= 4 is 15.9 Å². The van der Waals surface area contributed by atoms with Crippen LogP contribution in [0.15, 0.2) is 46.9 Å². The van der Waals surface area contributed by atoms with Gasteiger partial charge in [-0.15, -0.1) is 0 Å². The quantitative estimate of drug-likeness (QED) is 0.698. The van der Waals surface area contributed by atoms with E-state index in [0.29, 0.717) is 6.61 Å². The largest absolute Gasteiger partial charge is 0.364 e. The summed E-state index contributed by atoms with van der Waals surface area (Å²) in [7, 11) is 0. The van der Waals surface area contributed by atoms with E-state index >= 15 is 0 Å². The van der Waals surface area contributed by atoms with E-state index in [0.717, 1.165) is 10.0 Å². The van der Waals surface area contributed by atoms with E-state index < -0.39 is 0 Å². The summed E-state index contributed by atoms with van der Waals surface area (Å²) in [5.74, 6) is -0.220. The first-order valence-electron chi connectivity index (χ1n) is 6.39. The van der Waals surface area contributed by atoms with Crippen LogP contribution >= 0.6 is 15.9 Å². The fourth-order valence-electron chi connectivity index (χ4n) is 2.13. The SMILES string of the molecule is CC.Fc1ccc(C2OCc3cc(Br)ccc32)cc1. The molecule has 0 saturated carbocycles. The Balaban J connectivity index is 0.000000637. The molecule has 0 spiro atoms. The van der Waals surface area contributed by atoms with Crippen LogP contribution < -0.4 is 0 Å². The van der Waals surface area contributed by atoms with Gasteiger partial charge in [0.1, 0.15) is 11.9 Å². The second kappa shape index (κ2) is 6.31. The van der Waals surface area contributed by atoms with Gasteiger partial charge in [0.25, 0.3) is 0 Å². The molecule has 2 aromatic rings. The highest BCUT2D eigenvalue weighted by atomic mass is 79.9. The Hall–Kier alpha value is -1.19. The summed E-state index contributed by atoms with van der Waals surface area (Å²) in [6.07, 6.45) is -0.0706. The monoisotopic (exact) mass is 322 g/mol. The molecule has 0 radical (unpaired) electrons. The minimum atomic E-state index is -0.220. The van der Waals surface area contributed by atoms with E-state index in [1.54, 1.807) is 12.1 Å². The van der Waals surface area contributed by atoms with Crippen molar-refractivity contribution in [3.05, 3.63) is 69.4 Å². The van der Waals surface area contributed by atoms with Crippen molar-refractivity contribution in [3.63, 3.8) is 0 Å². The molecule has 1 heterocycles. The van der Waals surface area contributed by atoms with Gasteiger partial charge in [-0.2, -0.15) is 0 Å². The molecule has 0 N–H and O–H groups in total. The summed E-state index contributed by atoms with van der Waals surface area (Å²) < 4.78 is 19.7. The number of hydrogen-bond acceptors (Lipinski definition) is 1. The highest BCUT2D eigenvalue weighted by Crippen LogP contribution is 2.36. The standard InChI is InChI=1S/C14H10BrFO.C2H6/c15-11-3-6-13-10(7-11)8-17-14(13)9-1-4-12(16)5-2-9;1-2/h1-7,14H,8H2;1-2H3. The van der Waals surface area contributed by atoms with Crippen LogP contribution in [0, 0.1) is 5.82 Å². The van der Waals surface area contributed by atoms with Crippen molar-refractivity contribution in [2.75, 3.05) is 0 Å². The molecular weight excluding hydrogens is 307 g/mol. The topological polar surface area (TPSA) is 9.23 Å². The molecule has 1 nitrogen and oxygen atoms in total. The third-order valence-corrected chi connectivity index (χ3v) is 3.46. The molecule has 0 bridgehead atoms. The smallest absolute Gasteiger partial charge is 0.123 e. The maximum absolute atomic E-state index is 12.9. The van der Waals surface area contributed by atoms with Gasteiger partial charge in [-0.1, -0.05) is 48.0 Å². The first-order valence-corrected chi connectivity index (χ1v) is 7.19. The van der Waals surface area contributed by atoms with Gasteiger partial charge in [-0.05, 0) is 41.0 Å². The molecule has 0 amide bonds. The summed E-state index contributed by atoms with van der Waals surface area (Å²) in [4.78, 5) is 0. The zero-order valence-electron chi connectivity index (χ0n) is 11.0. The van der Waals surface area contributed by atoms with Crippen LogP contribution in [0.25, 0.3) is 0 Å². The zero-order chi connectivity index (χ0) is 13.8. The van der Waals surface area contributed by atoms with Crippen LogP contribution in [-0.2, 0) is 11.3 Å². The van der Waals surface area contributed by atoms with Gasteiger partial charge in [0.2, 0.25) is 0 Å². The number of ether oxygens (including phenoxy) is 1. The van der Waals surface area contributed by atoms with Crippen molar-refractivity contribution in [1.29, 1.82) is 0 Å². The Morgan fingerprint density at radius 3 is 2.47 bits per heavy atom. The third kappa shape index (κ3) is 3.04. The Bertz CT molecular complexity index is 551. The van der Waals surface area contributed by atoms with Gasteiger partial charge in [0, 0.05) is 4.47 Å². The lowest BCUT2D eigenvalue weighted by molar-refractivity contribution is 0.0939. The van der Waals surface area contributed by atoms with Crippen LogP contribution in [0.1, 0.15) is 36.6 Å². The van der Waals surface area contributed by atoms with Crippen molar-refractivity contribution < 1.29 is 9.13 Å². The van der Waals surface area contributed by atoms with Crippen LogP contribution in [0.2, 0.25) is 0 Å². The molecular formula is C16H16BrFO. The molecule has 1 aliphatic rings. The fraction of sp³-hybridized carbons (Fsp3) is 0.250. The third-order valence-electron chi connectivity index (χ3n) is 2.97. The minimum absolute atomic E-state index is 0.0706. The molecule has 2 aromatic carbocycles. The highest BCUT2D eigenvalue weighted by molar-refractivity contribution is 9.10. The van der Waals surface area contributed by atoms with Crippen molar-refractivity contribution in [1.82, 2.24) is 0 Å². The molecule has 3 rings (SSSR count). The first kappa shape index (κ1) is 14.2. The Labute approximate surface area is 121 Å². The molecule has 100 valence electrons. The second-order valence-electron chi connectivity index (χ2n) is 4.09. The van der Waals surface area contributed by atoms with Crippen molar-refractivity contribution in [3.8, 4) is 0 Å². The van der Waals surface area contributed by atoms with E-state index in [-0.39, 0.29) is 11.9 Å². The lowest BCUT2D eigenvalue weighted by atomic mass is 10.00. The first-order chi connectivity index (χ1) is 9.24. The molecule has 0 saturated heterocycles. The Kier molecular flexibility index (Phi) is 4.72. The predicted molar refractivity (Wildman–Crippen MR) is 78.5 cm³/mol. The molecule has 19 heavy (non-hydrogen) atoms. The number of benzene rings is 2. The van der Waals surface area contributed by atoms with Crippen molar-refractivity contribution in [2.45, 2.75) is 26.6 Å². The summed E-state index contributed by atoms with van der Waals surface area (Å²) in [6, 6.07) is 12.6. The van der Waals surface area contributed by atoms with Gasteiger partial charge in [-0.3, -0.25) is 0 Å². The molecule has 0 fully saturated rings. The summed E-state index contributed by atoms with van der Waals surface area (Å²) in [5, 5.41) is 0. The maximum Gasteiger partial charge on any atom is 0.123 e. The van der Waals surface area contributed by atoms with Gasteiger partial charge in [0.15, 0.2) is 0 Å². The lowest BCUT2D eigenvalue weighted by Gasteiger charge is -2.11. The van der Waals surface area contributed by atoms with Crippen molar-refractivity contribution in [2.24, 2.45) is 0 Å². The van der Waals surface area contributed by atoms with E-state index in [1.807, 2.05) is 19.9 Å². The average molecular weight is 323 g/mol. The highest BCUT2D eigenvalue weighted by Gasteiger charge is 2.24. The predicted octanol–water partition coefficient (Wildman–Crippen LogP) is 5.23. The van der Waals surface area contributed by atoms with E-state index in [1.165, 1.54) is 23.3 Å². The van der Waals surface area contributed by atoms with Gasteiger partial charge in [0.05, 0.1) is 6.61 Å². The zero-order valence-corrected chi connectivity index (χ0v) is 12.6. The minimum Gasteiger partial charge on any atom is -0.364 e. The van der Waals surface area contributed by atoms with Gasteiger partial charge < -0.3 is 4.74 Å². The average Bonchev–Trinajstić information content (AvgIpc) is 2.85. The maximum atomic E-state index is 12.9. The van der Waals surface area contributed by atoms with Gasteiger partial charge in [-0.25, -0.2) is 4.39 Å². The molecule has 0 aromatic heterocycles. The molecule has 0 aliphatic carbocycles.